The van der Waals surface area contributed by atoms with Crippen molar-refractivity contribution in [1.29, 1.82) is 0 Å². The van der Waals surface area contributed by atoms with Crippen molar-refractivity contribution in [3.8, 4) is 0 Å². The van der Waals surface area contributed by atoms with Gasteiger partial charge >= 0.3 is 0 Å². The average molecular weight is 408 g/mol. The first-order valence-electron chi connectivity index (χ1n) is 9.17. The number of para-hydroxylation sites is 1. The Labute approximate surface area is 173 Å². The summed E-state index contributed by atoms with van der Waals surface area (Å²) in [5, 5.41) is 3.10. The first-order valence-corrected chi connectivity index (χ1v) is 9.17. The Hall–Kier alpha value is -1.75. The van der Waals surface area contributed by atoms with E-state index in [-0.39, 0.29) is 42.8 Å². The van der Waals surface area contributed by atoms with Crippen LogP contribution in [-0.4, -0.2) is 25.0 Å². The molecule has 2 atom stereocenters. The molecular weight excluding hydrogens is 381 g/mol. The Bertz CT molecular complexity index is 752. The predicted octanol–water partition coefficient (Wildman–Crippen LogP) is 3.49. The molecule has 0 radical (unpaired) electrons. The SMILES string of the molecule is Cl.Cl.NC(CNC(=O)C(c1ccccc1)N1CCc2ccccc21)C1CC1. The van der Waals surface area contributed by atoms with E-state index in [9.17, 15) is 4.79 Å². The number of anilines is 1. The van der Waals surface area contributed by atoms with Crippen LogP contribution in [0.5, 0.6) is 0 Å². The van der Waals surface area contributed by atoms with Gasteiger partial charge in [-0.25, -0.2) is 0 Å². The van der Waals surface area contributed by atoms with E-state index in [1.807, 2.05) is 36.4 Å². The van der Waals surface area contributed by atoms with Gasteiger partial charge in [0.15, 0.2) is 0 Å². The first kappa shape index (κ1) is 21.5. The zero-order valence-electron chi connectivity index (χ0n) is 15.2. The minimum Gasteiger partial charge on any atom is -0.355 e. The molecule has 1 amide bonds. The van der Waals surface area contributed by atoms with Gasteiger partial charge < -0.3 is 16.0 Å². The molecule has 4 rings (SSSR count). The topological polar surface area (TPSA) is 58.4 Å². The molecule has 1 aliphatic heterocycles. The van der Waals surface area contributed by atoms with Crippen LogP contribution >= 0.6 is 24.8 Å². The predicted molar refractivity (Wildman–Crippen MR) is 115 cm³/mol. The fourth-order valence-electron chi connectivity index (χ4n) is 3.75. The number of hydrogen-bond acceptors (Lipinski definition) is 3. The monoisotopic (exact) mass is 407 g/mol. The number of hydrogen-bond donors (Lipinski definition) is 2. The summed E-state index contributed by atoms with van der Waals surface area (Å²) in [4.78, 5) is 15.3. The lowest BCUT2D eigenvalue weighted by atomic mass is 10.0. The van der Waals surface area contributed by atoms with E-state index in [0.29, 0.717) is 12.5 Å². The van der Waals surface area contributed by atoms with Crippen LogP contribution < -0.4 is 16.0 Å². The van der Waals surface area contributed by atoms with Crippen LogP contribution in [0.3, 0.4) is 0 Å². The number of fused-ring (bicyclic) bond motifs is 1. The van der Waals surface area contributed by atoms with Crippen LogP contribution in [0, 0.1) is 5.92 Å². The van der Waals surface area contributed by atoms with Gasteiger partial charge in [-0.05, 0) is 42.4 Å². The summed E-state index contributed by atoms with van der Waals surface area (Å²) in [5.41, 5.74) is 9.67. The Morgan fingerprint density at radius 3 is 2.44 bits per heavy atom. The Morgan fingerprint density at radius 1 is 1.07 bits per heavy atom. The molecule has 0 bridgehead atoms. The quantitative estimate of drug-likeness (QED) is 0.770. The summed E-state index contributed by atoms with van der Waals surface area (Å²) in [7, 11) is 0. The van der Waals surface area contributed by atoms with Gasteiger partial charge in [0.2, 0.25) is 5.91 Å². The van der Waals surface area contributed by atoms with Gasteiger partial charge in [0.05, 0.1) is 0 Å². The fourth-order valence-corrected chi connectivity index (χ4v) is 3.75. The summed E-state index contributed by atoms with van der Waals surface area (Å²) in [6.45, 7) is 1.42. The van der Waals surface area contributed by atoms with E-state index in [4.69, 9.17) is 5.73 Å². The highest BCUT2D eigenvalue weighted by Crippen LogP contribution is 2.35. The second-order valence-electron chi connectivity index (χ2n) is 7.13. The first-order chi connectivity index (χ1) is 12.2. The largest absolute Gasteiger partial charge is 0.355 e. The number of carbonyl (C=O) groups excluding carboxylic acids is 1. The maximum absolute atomic E-state index is 13.1. The second kappa shape index (κ2) is 9.45. The molecule has 3 N–H and O–H groups in total. The highest BCUT2D eigenvalue weighted by Gasteiger charge is 2.33. The van der Waals surface area contributed by atoms with Crippen LogP contribution in [0.1, 0.15) is 30.0 Å². The van der Waals surface area contributed by atoms with Crippen molar-refractivity contribution >= 4 is 36.4 Å². The number of rotatable bonds is 6. The van der Waals surface area contributed by atoms with Crippen LogP contribution in [0.15, 0.2) is 54.6 Å². The fraction of sp³-hybridized carbons (Fsp3) is 0.381. The molecule has 0 spiro atoms. The molecule has 2 unspecified atom stereocenters. The van der Waals surface area contributed by atoms with E-state index < -0.39 is 0 Å². The lowest BCUT2D eigenvalue weighted by molar-refractivity contribution is -0.122. The highest BCUT2D eigenvalue weighted by atomic mass is 35.5. The maximum atomic E-state index is 13.1. The van der Waals surface area contributed by atoms with Crippen molar-refractivity contribution in [2.45, 2.75) is 31.3 Å². The van der Waals surface area contributed by atoms with Crippen molar-refractivity contribution in [2.75, 3.05) is 18.0 Å². The van der Waals surface area contributed by atoms with Gasteiger partial charge in [-0.1, -0.05) is 48.5 Å². The van der Waals surface area contributed by atoms with Gasteiger partial charge in [-0.2, -0.15) is 0 Å². The molecule has 2 aromatic rings. The number of benzene rings is 2. The minimum absolute atomic E-state index is 0. The van der Waals surface area contributed by atoms with Gasteiger partial charge in [-0.15, -0.1) is 24.8 Å². The van der Waals surface area contributed by atoms with E-state index in [1.165, 1.54) is 18.4 Å². The number of carbonyl (C=O) groups is 1. The molecule has 1 fully saturated rings. The van der Waals surface area contributed by atoms with Crippen LogP contribution in [0.25, 0.3) is 0 Å². The summed E-state index contributed by atoms with van der Waals surface area (Å²) in [5.74, 6) is 0.627. The van der Waals surface area contributed by atoms with Gasteiger partial charge in [0.25, 0.3) is 0 Å². The number of halogens is 2. The molecule has 1 aliphatic carbocycles. The Kier molecular flexibility index (Phi) is 7.54. The maximum Gasteiger partial charge on any atom is 0.247 e. The molecule has 2 aliphatic rings. The minimum atomic E-state index is -0.309. The molecule has 6 heteroatoms. The van der Waals surface area contributed by atoms with Gasteiger partial charge in [0.1, 0.15) is 6.04 Å². The Morgan fingerprint density at radius 2 is 1.74 bits per heavy atom. The van der Waals surface area contributed by atoms with Gasteiger partial charge in [-0.3, -0.25) is 4.79 Å². The summed E-state index contributed by atoms with van der Waals surface area (Å²) < 4.78 is 0. The van der Waals surface area contributed by atoms with Crippen LogP contribution in [0.2, 0.25) is 0 Å². The number of nitrogens with one attached hydrogen (secondary N) is 1. The molecule has 27 heavy (non-hydrogen) atoms. The van der Waals surface area contributed by atoms with Crippen LogP contribution in [0.4, 0.5) is 5.69 Å². The Balaban J connectivity index is 0.00000131. The second-order valence-corrected chi connectivity index (χ2v) is 7.13. The van der Waals surface area contributed by atoms with Crippen molar-refractivity contribution in [1.82, 2.24) is 5.32 Å². The lowest BCUT2D eigenvalue weighted by Crippen LogP contribution is -2.45. The summed E-state index contributed by atoms with van der Waals surface area (Å²) >= 11 is 0. The normalized spacial score (nSPS) is 17.1. The van der Waals surface area contributed by atoms with Crippen molar-refractivity contribution in [3.63, 3.8) is 0 Å². The number of amides is 1. The molecule has 0 aromatic heterocycles. The molecule has 1 heterocycles. The van der Waals surface area contributed by atoms with E-state index in [0.717, 1.165) is 24.2 Å². The van der Waals surface area contributed by atoms with Crippen molar-refractivity contribution in [2.24, 2.45) is 11.7 Å². The smallest absolute Gasteiger partial charge is 0.247 e. The van der Waals surface area contributed by atoms with Crippen molar-refractivity contribution < 1.29 is 4.79 Å². The highest BCUT2D eigenvalue weighted by molar-refractivity contribution is 5.87. The number of nitrogens with zero attached hydrogens (tertiary/aromatic N) is 1. The van der Waals surface area contributed by atoms with E-state index >= 15 is 0 Å². The molecule has 1 saturated carbocycles. The summed E-state index contributed by atoms with van der Waals surface area (Å²) in [6, 6.07) is 18.2. The average Bonchev–Trinajstić information content (AvgIpc) is 3.42. The van der Waals surface area contributed by atoms with Crippen molar-refractivity contribution in [3.05, 3.63) is 65.7 Å². The van der Waals surface area contributed by atoms with Crippen LogP contribution in [-0.2, 0) is 11.2 Å². The zero-order valence-corrected chi connectivity index (χ0v) is 16.8. The van der Waals surface area contributed by atoms with E-state index in [1.54, 1.807) is 0 Å². The third kappa shape index (κ3) is 4.75. The molecule has 0 saturated heterocycles. The lowest BCUT2D eigenvalue weighted by Gasteiger charge is -2.30. The molecule has 146 valence electrons. The molecule has 2 aromatic carbocycles. The third-order valence-corrected chi connectivity index (χ3v) is 5.34. The number of nitrogens with two attached hydrogens (primary N) is 1. The van der Waals surface area contributed by atoms with E-state index in [2.05, 4.69) is 28.4 Å². The molecular formula is C21H27Cl2N3O. The zero-order chi connectivity index (χ0) is 17.2. The third-order valence-electron chi connectivity index (χ3n) is 5.34. The van der Waals surface area contributed by atoms with Gasteiger partial charge in [0, 0.05) is 24.8 Å². The molecule has 4 nitrogen and oxygen atoms in total. The standard InChI is InChI=1S/C21H25N3O.2ClH/c22-18(15-10-11-15)14-23-21(25)20(17-7-2-1-3-8-17)24-13-12-16-6-4-5-9-19(16)24;;/h1-9,15,18,20H,10-14,22H2,(H,23,25);2*1H. The summed E-state index contributed by atoms with van der Waals surface area (Å²) in [6.07, 6.45) is 3.37.